The van der Waals surface area contributed by atoms with Crippen LogP contribution in [-0.4, -0.2) is 43.9 Å². The maximum absolute atomic E-state index is 13.3. The van der Waals surface area contributed by atoms with E-state index in [1.54, 1.807) is 12.1 Å². The van der Waals surface area contributed by atoms with E-state index in [1.807, 2.05) is 26.8 Å². The summed E-state index contributed by atoms with van der Waals surface area (Å²) in [5, 5.41) is 2.76. The first-order valence-corrected chi connectivity index (χ1v) is 11.1. The molecule has 1 amide bonds. The fraction of sp³-hybridized carbons (Fsp3) is 0.350. The number of rotatable bonds is 2. The topological polar surface area (TPSA) is 84.9 Å². The van der Waals surface area contributed by atoms with Crippen molar-refractivity contribution in [2.75, 3.05) is 18.4 Å². The van der Waals surface area contributed by atoms with Crippen molar-refractivity contribution in [1.82, 2.24) is 4.31 Å². The molecule has 2 aliphatic rings. The highest BCUT2D eigenvalue weighted by Gasteiger charge is 2.35. The molecule has 0 bridgehead atoms. The molecule has 4 rings (SSSR count). The molecule has 0 aliphatic carbocycles. The van der Waals surface area contributed by atoms with Crippen LogP contribution in [0.1, 0.15) is 29.8 Å². The minimum atomic E-state index is -3.92. The first kappa shape index (κ1) is 20.2. The Hall–Kier alpha value is -2.13. The number of carbonyl (C=O) groups is 1. The van der Waals surface area contributed by atoms with Gasteiger partial charge in [-0.15, -0.1) is 0 Å². The maximum atomic E-state index is 13.3. The number of aryl methyl sites for hydroxylation is 1. The number of sulfonamides is 1. The van der Waals surface area contributed by atoms with E-state index in [0.717, 1.165) is 5.56 Å². The maximum Gasteiger partial charge on any atom is 0.259 e. The number of nitrogens with one attached hydrogen (secondary N) is 1. The Labute approximate surface area is 174 Å². The van der Waals surface area contributed by atoms with Crippen LogP contribution < -0.4 is 10.1 Å². The Morgan fingerprint density at radius 1 is 1.10 bits per heavy atom. The second-order valence-corrected chi connectivity index (χ2v) is 9.73. The predicted octanol–water partition coefficient (Wildman–Crippen LogP) is 3.80. The van der Waals surface area contributed by atoms with Gasteiger partial charge in [-0.25, -0.2) is 8.42 Å². The molecular weight excluding hydrogens is 416 g/mol. The van der Waals surface area contributed by atoms with Crippen molar-refractivity contribution in [2.24, 2.45) is 0 Å². The van der Waals surface area contributed by atoms with Crippen LogP contribution >= 0.6 is 11.6 Å². The standard InChI is InChI=1S/C20H21ClN2O5S/c1-11-4-5-16-18(6-11)28-17-8-15(21)19(7-14(17)20(24)22-16)29(25,26)23-9-12(2)27-13(3)10-23/h4-8,12-13H,9-10H2,1-3H3,(H,22,24)/t12-,13-/m0/s1. The van der Waals surface area contributed by atoms with Crippen LogP contribution in [0, 0.1) is 6.92 Å². The van der Waals surface area contributed by atoms with E-state index >= 15 is 0 Å². The van der Waals surface area contributed by atoms with Gasteiger partial charge in [0.1, 0.15) is 10.6 Å². The number of hydrogen-bond donors (Lipinski definition) is 1. The van der Waals surface area contributed by atoms with Gasteiger partial charge in [0.15, 0.2) is 5.75 Å². The second kappa shape index (κ2) is 7.28. The first-order valence-electron chi connectivity index (χ1n) is 9.24. The van der Waals surface area contributed by atoms with Crippen molar-refractivity contribution in [1.29, 1.82) is 0 Å². The lowest BCUT2D eigenvalue weighted by molar-refractivity contribution is -0.0440. The van der Waals surface area contributed by atoms with Crippen LogP contribution in [0.4, 0.5) is 5.69 Å². The van der Waals surface area contributed by atoms with Gasteiger partial charge in [0, 0.05) is 19.2 Å². The molecule has 29 heavy (non-hydrogen) atoms. The summed E-state index contributed by atoms with van der Waals surface area (Å²) in [6, 6.07) is 8.05. The molecule has 0 saturated carbocycles. The van der Waals surface area contributed by atoms with Gasteiger partial charge in [-0.1, -0.05) is 17.7 Å². The second-order valence-electron chi connectivity index (χ2n) is 7.41. The van der Waals surface area contributed by atoms with E-state index < -0.39 is 15.9 Å². The quantitative estimate of drug-likeness (QED) is 0.773. The Balaban J connectivity index is 1.77. The first-order chi connectivity index (χ1) is 13.6. The van der Waals surface area contributed by atoms with E-state index in [9.17, 15) is 13.2 Å². The molecular formula is C20H21ClN2O5S. The van der Waals surface area contributed by atoms with Gasteiger partial charge in [0.2, 0.25) is 10.0 Å². The van der Waals surface area contributed by atoms with Crippen molar-refractivity contribution in [3.63, 3.8) is 0 Å². The molecule has 0 unspecified atom stereocenters. The predicted molar refractivity (Wildman–Crippen MR) is 109 cm³/mol. The van der Waals surface area contributed by atoms with Crippen molar-refractivity contribution >= 4 is 33.2 Å². The molecule has 154 valence electrons. The van der Waals surface area contributed by atoms with Gasteiger partial charge in [0.25, 0.3) is 5.91 Å². The zero-order valence-electron chi connectivity index (χ0n) is 16.2. The Bertz CT molecular complexity index is 1090. The summed E-state index contributed by atoms with van der Waals surface area (Å²) in [5.74, 6) is 0.221. The summed E-state index contributed by atoms with van der Waals surface area (Å²) < 4.78 is 39.4. The minimum Gasteiger partial charge on any atom is -0.454 e. The van der Waals surface area contributed by atoms with Crippen molar-refractivity contribution in [3.8, 4) is 11.5 Å². The van der Waals surface area contributed by atoms with Gasteiger partial charge >= 0.3 is 0 Å². The monoisotopic (exact) mass is 436 g/mol. The molecule has 9 heteroatoms. The molecule has 2 atom stereocenters. The number of nitrogens with zero attached hydrogens (tertiary/aromatic N) is 1. The third kappa shape index (κ3) is 3.73. The molecule has 0 radical (unpaired) electrons. The molecule has 0 spiro atoms. The lowest BCUT2D eigenvalue weighted by atomic mass is 10.2. The van der Waals surface area contributed by atoms with E-state index in [0.29, 0.717) is 11.4 Å². The number of hydrogen-bond acceptors (Lipinski definition) is 5. The third-order valence-corrected chi connectivity index (χ3v) is 7.18. The van der Waals surface area contributed by atoms with Crippen LogP contribution in [0.5, 0.6) is 11.5 Å². The summed E-state index contributed by atoms with van der Waals surface area (Å²) >= 11 is 6.35. The smallest absolute Gasteiger partial charge is 0.259 e. The number of ether oxygens (including phenoxy) is 2. The Morgan fingerprint density at radius 3 is 2.48 bits per heavy atom. The van der Waals surface area contributed by atoms with Gasteiger partial charge < -0.3 is 14.8 Å². The van der Waals surface area contributed by atoms with Crippen LogP contribution in [0.3, 0.4) is 0 Å². The van der Waals surface area contributed by atoms with Crippen LogP contribution in [0.2, 0.25) is 5.02 Å². The van der Waals surface area contributed by atoms with E-state index in [2.05, 4.69) is 5.32 Å². The molecule has 1 saturated heterocycles. The Kier molecular flexibility index (Phi) is 5.06. The highest BCUT2D eigenvalue weighted by atomic mass is 35.5. The van der Waals surface area contributed by atoms with E-state index in [4.69, 9.17) is 21.1 Å². The molecule has 2 aromatic carbocycles. The Morgan fingerprint density at radius 2 is 1.79 bits per heavy atom. The van der Waals surface area contributed by atoms with Crippen molar-refractivity contribution in [2.45, 2.75) is 37.9 Å². The molecule has 1 fully saturated rings. The highest BCUT2D eigenvalue weighted by molar-refractivity contribution is 7.89. The van der Waals surface area contributed by atoms with Gasteiger partial charge in [-0.3, -0.25) is 4.79 Å². The van der Waals surface area contributed by atoms with Gasteiger partial charge in [-0.05, 0) is 44.5 Å². The van der Waals surface area contributed by atoms with Gasteiger partial charge in [-0.2, -0.15) is 4.31 Å². The highest BCUT2D eigenvalue weighted by Crippen LogP contribution is 2.40. The number of anilines is 1. The minimum absolute atomic E-state index is 0.000508. The van der Waals surface area contributed by atoms with Crippen LogP contribution in [0.25, 0.3) is 0 Å². The van der Waals surface area contributed by atoms with E-state index in [1.165, 1.54) is 16.4 Å². The number of morpholine rings is 1. The molecule has 2 aliphatic heterocycles. The van der Waals surface area contributed by atoms with E-state index in [-0.39, 0.29) is 46.5 Å². The zero-order valence-corrected chi connectivity index (χ0v) is 17.8. The summed E-state index contributed by atoms with van der Waals surface area (Å²) in [7, 11) is -3.92. The third-order valence-electron chi connectivity index (χ3n) is 4.89. The largest absolute Gasteiger partial charge is 0.454 e. The molecule has 7 nitrogen and oxygen atoms in total. The average molecular weight is 437 g/mol. The van der Waals surface area contributed by atoms with Crippen molar-refractivity contribution < 1.29 is 22.7 Å². The number of benzene rings is 2. The number of halogens is 1. The number of fused-ring (bicyclic) bond motifs is 2. The summed E-state index contributed by atoms with van der Waals surface area (Å²) in [5.41, 5.74) is 1.58. The summed E-state index contributed by atoms with van der Waals surface area (Å²) in [4.78, 5) is 12.6. The summed E-state index contributed by atoms with van der Waals surface area (Å²) in [6.45, 7) is 5.97. The average Bonchev–Trinajstić information content (AvgIpc) is 2.75. The number of amides is 1. The molecule has 2 heterocycles. The molecule has 2 aromatic rings. The molecule has 0 aromatic heterocycles. The fourth-order valence-corrected chi connectivity index (χ4v) is 5.69. The lowest BCUT2D eigenvalue weighted by Gasteiger charge is -2.34. The van der Waals surface area contributed by atoms with Crippen LogP contribution in [-0.2, 0) is 14.8 Å². The number of carbonyl (C=O) groups excluding carboxylic acids is 1. The van der Waals surface area contributed by atoms with Crippen molar-refractivity contribution in [3.05, 3.63) is 46.5 Å². The lowest BCUT2D eigenvalue weighted by Crippen LogP contribution is -2.48. The molecule has 1 N–H and O–H groups in total. The normalized spacial score (nSPS) is 22.1. The van der Waals surface area contributed by atoms with Gasteiger partial charge in [0.05, 0.1) is 28.5 Å². The summed E-state index contributed by atoms with van der Waals surface area (Å²) in [6.07, 6.45) is -0.477. The van der Waals surface area contributed by atoms with Crippen LogP contribution in [0.15, 0.2) is 35.2 Å². The zero-order chi connectivity index (χ0) is 20.9. The fourth-order valence-electron chi connectivity index (χ4n) is 3.59. The SMILES string of the molecule is Cc1ccc2c(c1)Oc1cc(Cl)c(S(=O)(=O)N3C[C@H](C)O[C@@H](C)C3)cc1C(=O)N2.